The molecule has 29 heavy (non-hydrogen) atoms. The predicted octanol–water partition coefficient (Wildman–Crippen LogP) is 5.57. The number of hydrogen-bond donors (Lipinski definition) is 1. The number of ether oxygens (including phenoxy) is 1. The maximum absolute atomic E-state index is 14.7. The summed E-state index contributed by atoms with van der Waals surface area (Å²) >= 11 is 0. The molecule has 0 aliphatic carbocycles. The maximum atomic E-state index is 14.7. The van der Waals surface area contributed by atoms with Crippen LogP contribution in [0.5, 0.6) is 5.75 Å². The second-order valence-corrected chi connectivity index (χ2v) is 6.93. The SMILES string of the molecule is C=CCOc1ccc2nc(-c3ccc(C=CCCCC(C)O)cc3F)cnc2c1. The maximum Gasteiger partial charge on any atom is 0.133 e. The summed E-state index contributed by atoms with van der Waals surface area (Å²) in [6.45, 7) is 5.83. The molecule has 2 aromatic carbocycles. The van der Waals surface area contributed by atoms with Crippen molar-refractivity contribution >= 4 is 17.1 Å². The van der Waals surface area contributed by atoms with Crippen LogP contribution in [0.25, 0.3) is 28.4 Å². The number of unbranched alkanes of at least 4 members (excludes halogenated alkanes) is 1. The van der Waals surface area contributed by atoms with E-state index < -0.39 is 0 Å². The van der Waals surface area contributed by atoms with Crippen molar-refractivity contribution in [3.05, 3.63) is 72.7 Å². The van der Waals surface area contributed by atoms with E-state index in [1.54, 1.807) is 31.3 Å². The molecule has 0 amide bonds. The highest BCUT2D eigenvalue weighted by molar-refractivity contribution is 5.78. The van der Waals surface area contributed by atoms with Gasteiger partial charge >= 0.3 is 0 Å². The third kappa shape index (κ3) is 5.72. The molecule has 1 N–H and O–H groups in total. The molecule has 0 radical (unpaired) electrons. The van der Waals surface area contributed by atoms with Crippen molar-refractivity contribution in [2.75, 3.05) is 6.61 Å². The minimum Gasteiger partial charge on any atom is -0.489 e. The van der Waals surface area contributed by atoms with Crippen LogP contribution in [0.15, 0.2) is 61.3 Å². The largest absolute Gasteiger partial charge is 0.489 e. The Morgan fingerprint density at radius 3 is 2.83 bits per heavy atom. The minimum atomic E-state index is -0.337. The zero-order chi connectivity index (χ0) is 20.6. The highest BCUT2D eigenvalue weighted by Crippen LogP contribution is 2.25. The van der Waals surface area contributed by atoms with Crippen molar-refractivity contribution in [3.8, 4) is 17.0 Å². The van der Waals surface area contributed by atoms with Gasteiger partial charge in [0.05, 0.1) is 29.0 Å². The van der Waals surface area contributed by atoms with E-state index in [0.29, 0.717) is 34.6 Å². The summed E-state index contributed by atoms with van der Waals surface area (Å²) in [5.74, 6) is 0.353. The Morgan fingerprint density at radius 1 is 1.21 bits per heavy atom. The lowest BCUT2D eigenvalue weighted by Gasteiger charge is -2.07. The standard InChI is InChI=1S/C24H25FN2O2/c1-3-13-29-19-10-12-22-23(15-19)26-16-24(27-22)20-11-9-18(14-21(20)25)8-6-4-5-7-17(2)28/h3,6,8-12,14-17,28H,1,4-5,7,13H2,2H3. The number of aromatic nitrogens is 2. The molecule has 0 saturated heterocycles. The molecule has 4 nitrogen and oxygen atoms in total. The van der Waals surface area contributed by atoms with Crippen LogP contribution in [-0.2, 0) is 0 Å². The fourth-order valence-electron chi connectivity index (χ4n) is 2.96. The van der Waals surface area contributed by atoms with Crippen LogP contribution < -0.4 is 4.74 Å². The lowest BCUT2D eigenvalue weighted by Crippen LogP contribution is -1.97. The van der Waals surface area contributed by atoms with E-state index in [1.807, 2.05) is 30.4 Å². The van der Waals surface area contributed by atoms with Gasteiger partial charge in [-0.15, -0.1) is 0 Å². The second-order valence-electron chi connectivity index (χ2n) is 6.93. The first-order valence-corrected chi connectivity index (χ1v) is 9.72. The van der Waals surface area contributed by atoms with Gasteiger partial charge in [0.25, 0.3) is 0 Å². The van der Waals surface area contributed by atoms with Gasteiger partial charge in [0.1, 0.15) is 18.2 Å². The van der Waals surface area contributed by atoms with Crippen LogP contribution >= 0.6 is 0 Å². The van der Waals surface area contributed by atoms with Crippen molar-refractivity contribution < 1.29 is 14.2 Å². The van der Waals surface area contributed by atoms with Crippen molar-refractivity contribution in [1.29, 1.82) is 0 Å². The fraction of sp³-hybridized carbons (Fsp3) is 0.250. The fourth-order valence-corrected chi connectivity index (χ4v) is 2.96. The van der Waals surface area contributed by atoms with E-state index in [2.05, 4.69) is 16.5 Å². The van der Waals surface area contributed by atoms with Crippen LogP contribution in [0.2, 0.25) is 0 Å². The molecule has 0 saturated carbocycles. The highest BCUT2D eigenvalue weighted by atomic mass is 19.1. The van der Waals surface area contributed by atoms with Crippen LogP contribution in [0.3, 0.4) is 0 Å². The third-order valence-electron chi connectivity index (χ3n) is 4.45. The number of aliphatic hydroxyl groups excluding tert-OH is 1. The van der Waals surface area contributed by atoms with Gasteiger partial charge in [0.15, 0.2) is 0 Å². The summed E-state index contributed by atoms with van der Waals surface area (Å²) in [6.07, 6.45) is 9.38. The van der Waals surface area contributed by atoms with Gasteiger partial charge in [-0.25, -0.2) is 9.37 Å². The van der Waals surface area contributed by atoms with Gasteiger partial charge in [-0.1, -0.05) is 30.9 Å². The van der Waals surface area contributed by atoms with E-state index in [1.165, 1.54) is 6.07 Å². The van der Waals surface area contributed by atoms with Crippen LogP contribution in [0.4, 0.5) is 4.39 Å². The first kappa shape index (κ1) is 20.7. The molecule has 0 bridgehead atoms. The van der Waals surface area contributed by atoms with Crippen molar-refractivity contribution in [3.63, 3.8) is 0 Å². The Bertz CT molecular complexity index is 1010. The van der Waals surface area contributed by atoms with E-state index in [0.717, 1.165) is 24.8 Å². The monoisotopic (exact) mass is 392 g/mol. The molecule has 1 aromatic heterocycles. The van der Waals surface area contributed by atoms with Gasteiger partial charge < -0.3 is 9.84 Å². The molecule has 150 valence electrons. The van der Waals surface area contributed by atoms with Crippen LogP contribution in [-0.4, -0.2) is 27.8 Å². The normalized spacial score (nSPS) is 12.4. The number of nitrogens with zero attached hydrogens (tertiary/aromatic N) is 2. The van der Waals surface area contributed by atoms with Crippen molar-refractivity contribution in [1.82, 2.24) is 9.97 Å². The number of halogens is 1. The first-order chi connectivity index (χ1) is 14.1. The Balaban J connectivity index is 1.75. The molecule has 0 spiro atoms. The molecule has 1 heterocycles. The molecule has 0 fully saturated rings. The Kier molecular flexibility index (Phi) is 7.09. The molecule has 0 aliphatic heterocycles. The zero-order valence-corrected chi connectivity index (χ0v) is 16.5. The Morgan fingerprint density at radius 2 is 2.07 bits per heavy atom. The van der Waals surface area contributed by atoms with Gasteiger partial charge in [-0.3, -0.25) is 4.98 Å². The van der Waals surface area contributed by atoms with Gasteiger partial charge in [-0.2, -0.15) is 0 Å². The summed E-state index contributed by atoms with van der Waals surface area (Å²) in [5.41, 5.74) is 3.06. The van der Waals surface area contributed by atoms with E-state index in [-0.39, 0.29) is 11.9 Å². The van der Waals surface area contributed by atoms with E-state index in [4.69, 9.17) is 4.74 Å². The number of benzene rings is 2. The van der Waals surface area contributed by atoms with Gasteiger partial charge in [0, 0.05) is 11.6 Å². The topological polar surface area (TPSA) is 55.2 Å². The van der Waals surface area contributed by atoms with E-state index >= 15 is 0 Å². The number of hydrogen-bond acceptors (Lipinski definition) is 4. The third-order valence-corrected chi connectivity index (χ3v) is 4.45. The Labute approximate surface area is 170 Å². The smallest absolute Gasteiger partial charge is 0.133 e. The molecular weight excluding hydrogens is 367 g/mol. The molecule has 0 aliphatic rings. The molecule has 3 aromatic rings. The average molecular weight is 392 g/mol. The van der Waals surface area contributed by atoms with Crippen molar-refractivity contribution in [2.24, 2.45) is 0 Å². The quantitative estimate of drug-likeness (QED) is 0.382. The van der Waals surface area contributed by atoms with Gasteiger partial charge in [-0.05, 0) is 56.0 Å². The molecule has 1 atom stereocenters. The first-order valence-electron chi connectivity index (χ1n) is 9.72. The number of allylic oxidation sites excluding steroid dienone is 1. The molecule has 3 rings (SSSR count). The summed E-state index contributed by atoms with van der Waals surface area (Å²) in [5, 5.41) is 9.26. The lowest BCUT2D eigenvalue weighted by atomic mass is 10.1. The summed E-state index contributed by atoms with van der Waals surface area (Å²) in [6, 6.07) is 10.5. The lowest BCUT2D eigenvalue weighted by molar-refractivity contribution is 0.182. The number of rotatable bonds is 9. The molecular formula is C24H25FN2O2. The molecule has 5 heteroatoms. The highest BCUT2D eigenvalue weighted by Gasteiger charge is 2.09. The van der Waals surface area contributed by atoms with Crippen molar-refractivity contribution in [2.45, 2.75) is 32.3 Å². The molecule has 1 unspecified atom stereocenters. The van der Waals surface area contributed by atoms with Gasteiger partial charge in [0.2, 0.25) is 0 Å². The number of fused-ring (bicyclic) bond motifs is 1. The van der Waals surface area contributed by atoms with Crippen LogP contribution in [0.1, 0.15) is 31.7 Å². The minimum absolute atomic E-state index is 0.283. The zero-order valence-electron chi connectivity index (χ0n) is 16.5. The summed E-state index contributed by atoms with van der Waals surface area (Å²) < 4.78 is 20.2. The predicted molar refractivity (Wildman–Crippen MR) is 115 cm³/mol. The van der Waals surface area contributed by atoms with E-state index in [9.17, 15) is 9.50 Å². The van der Waals surface area contributed by atoms with Crippen LogP contribution in [0, 0.1) is 5.82 Å². The summed E-state index contributed by atoms with van der Waals surface area (Å²) in [7, 11) is 0. The Hall–Kier alpha value is -3.05. The summed E-state index contributed by atoms with van der Waals surface area (Å²) in [4.78, 5) is 8.95. The second kappa shape index (κ2) is 9.94. The number of aliphatic hydroxyl groups is 1. The average Bonchev–Trinajstić information content (AvgIpc) is 2.71.